The lowest BCUT2D eigenvalue weighted by Gasteiger charge is -2.14. The van der Waals surface area contributed by atoms with Crippen LogP contribution < -0.4 is 5.73 Å². The highest BCUT2D eigenvalue weighted by molar-refractivity contribution is 7.91. The van der Waals surface area contributed by atoms with Crippen LogP contribution in [0.5, 0.6) is 0 Å². The maximum atomic E-state index is 11.8. The molecule has 0 aliphatic rings. The molecule has 2 N–H and O–H groups in total. The highest BCUT2D eigenvalue weighted by Crippen LogP contribution is 2.22. The Kier molecular flexibility index (Phi) is 5.34. The number of hydrogen-bond acceptors (Lipinski definition) is 5. The summed E-state index contributed by atoms with van der Waals surface area (Å²) in [6.45, 7) is 2.00. The van der Waals surface area contributed by atoms with Crippen molar-refractivity contribution < 1.29 is 16.8 Å². The highest BCUT2D eigenvalue weighted by atomic mass is 32.2. The van der Waals surface area contributed by atoms with Gasteiger partial charge in [0.05, 0.1) is 9.79 Å². The molecular weight excluding hydrogens is 298 g/mol. The average Bonchev–Trinajstić information content (AvgIpc) is 2.26. The van der Waals surface area contributed by atoms with Gasteiger partial charge in [0.25, 0.3) is 0 Å². The summed E-state index contributed by atoms with van der Waals surface area (Å²) in [7, 11) is -6.93. The molecule has 1 unspecified atom stereocenters. The van der Waals surface area contributed by atoms with Crippen LogP contribution in [-0.4, -0.2) is 35.4 Å². The molecule has 1 aromatic carbocycles. The standard InChI is InChI=1S/C13H21NO4S2/c1-4-5-11(14)8-10-6-7-12(19(2,15)16)9-13(10)20(3,17)18/h6-7,9,11H,4-5,8,14H2,1-3H3. The normalized spacial score (nSPS) is 14.2. The van der Waals surface area contributed by atoms with Crippen molar-refractivity contribution in [3.05, 3.63) is 23.8 Å². The lowest BCUT2D eigenvalue weighted by molar-refractivity contribution is 0.585. The van der Waals surface area contributed by atoms with Crippen molar-refractivity contribution in [2.45, 2.75) is 42.0 Å². The van der Waals surface area contributed by atoms with Crippen molar-refractivity contribution >= 4 is 19.7 Å². The zero-order valence-corrected chi connectivity index (χ0v) is 13.6. The molecule has 0 aliphatic heterocycles. The average molecular weight is 319 g/mol. The number of rotatable bonds is 6. The van der Waals surface area contributed by atoms with E-state index in [0.29, 0.717) is 12.0 Å². The smallest absolute Gasteiger partial charge is 0.175 e. The van der Waals surface area contributed by atoms with Gasteiger partial charge in [-0.2, -0.15) is 0 Å². The molecule has 0 heterocycles. The molecule has 1 rings (SSSR count). The molecule has 1 aromatic rings. The van der Waals surface area contributed by atoms with Crippen LogP contribution in [0.3, 0.4) is 0 Å². The van der Waals surface area contributed by atoms with Crippen LogP contribution in [0.15, 0.2) is 28.0 Å². The molecule has 0 spiro atoms. The van der Waals surface area contributed by atoms with Crippen LogP contribution >= 0.6 is 0 Å². The summed E-state index contributed by atoms with van der Waals surface area (Å²) in [5.41, 5.74) is 6.51. The van der Waals surface area contributed by atoms with E-state index in [1.54, 1.807) is 6.07 Å². The minimum atomic E-state index is -3.50. The van der Waals surface area contributed by atoms with Crippen molar-refractivity contribution in [3.8, 4) is 0 Å². The molecule has 0 saturated carbocycles. The number of benzene rings is 1. The van der Waals surface area contributed by atoms with E-state index >= 15 is 0 Å². The van der Waals surface area contributed by atoms with E-state index in [-0.39, 0.29) is 15.8 Å². The topological polar surface area (TPSA) is 94.3 Å². The minimum absolute atomic E-state index is 0.00531. The van der Waals surface area contributed by atoms with E-state index in [0.717, 1.165) is 25.4 Å². The second-order valence-electron chi connectivity index (χ2n) is 5.07. The molecule has 0 aromatic heterocycles. The largest absolute Gasteiger partial charge is 0.327 e. The van der Waals surface area contributed by atoms with E-state index < -0.39 is 19.7 Å². The number of hydrogen-bond donors (Lipinski definition) is 1. The van der Waals surface area contributed by atoms with Gasteiger partial charge < -0.3 is 5.73 Å². The minimum Gasteiger partial charge on any atom is -0.327 e. The van der Waals surface area contributed by atoms with Gasteiger partial charge >= 0.3 is 0 Å². The van der Waals surface area contributed by atoms with Crippen LogP contribution in [0.2, 0.25) is 0 Å². The van der Waals surface area contributed by atoms with Crippen LogP contribution in [0.25, 0.3) is 0 Å². The lowest BCUT2D eigenvalue weighted by Crippen LogP contribution is -2.23. The van der Waals surface area contributed by atoms with Crippen LogP contribution in [0, 0.1) is 0 Å². The molecular formula is C13H21NO4S2. The summed E-state index contributed by atoms with van der Waals surface area (Å²) in [6.07, 6.45) is 4.24. The summed E-state index contributed by atoms with van der Waals surface area (Å²) in [5, 5.41) is 0. The fourth-order valence-electron chi connectivity index (χ4n) is 2.03. The van der Waals surface area contributed by atoms with Crippen LogP contribution in [0.4, 0.5) is 0 Å². The Bertz CT molecular complexity index is 678. The molecule has 7 heteroatoms. The molecule has 0 amide bonds. The highest BCUT2D eigenvalue weighted by Gasteiger charge is 2.19. The number of sulfone groups is 2. The quantitative estimate of drug-likeness (QED) is 0.849. The molecule has 0 radical (unpaired) electrons. The third-order valence-corrected chi connectivity index (χ3v) is 5.30. The Morgan fingerprint density at radius 3 is 2.15 bits per heavy atom. The Balaban J connectivity index is 3.33. The first-order chi connectivity index (χ1) is 9.05. The van der Waals surface area contributed by atoms with E-state index in [1.807, 2.05) is 6.92 Å². The Hall–Kier alpha value is -0.920. The van der Waals surface area contributed by atoms with Gasteiger partial charge in [0.15, 0.2) is 19.7 Å². The number of nitrogens with two attached hydrogens (primary N) is 1. The van der Waals surface area contributed by atoms with E-state index in [2.05, 4.69) is 0 Å². The maximum absolute atomic E-state index is 11.8. The zero-order valence-electron chi connectivity index (χ0n) is 12.0. The van der Waals surface area contributed by atoms with Crippen molar-refractivity contribution in [2.75, 3.05) is 12.5 Å². The SMILES string of the molecule is CCCC(N)Cc1ccc(S(C)(=O)=O)cc1S(C)(=O)=O. The Morgan fingerprint density at radius 1 is 1.10 bits per heavy atom. The molecule has 20 heavy (non-hydrogen) atoms. The first-order valence-corrected chi connectivity index (χ1v) is 10.1. The summed E-state index contributed by atoms with van der Waals surface area (Å²) in [6, 6.07) is 4.06. The van der Waals surface area contributed by atoms with Gasteiger partial charge in [-0.3, -0.25) is 0 Å². The van der Waals surface area contributed by atoms with E-state index in [1.165, 1.54) is 12.1 Å². The molecule has 0 bridgehead atoms. The van der Waals surface area contributed by atoms with Gasteiger partial charge in [-0.15, -0.1) is 0 Å². The van der Waals surface area contributed by atoms with E-state index in [9.17, 15) is 16.8 Å². The van der Waals surface area contributed by atoms with Crippen molar-refractivity contribution in [1.29, 1.82) is 0 Å². The van der Waals surface area contributed by atoms with Gasteiger partial charge in [-0.05, 0) is 30.5 Å². The Labute approximate surface area is 121 Å². The van der Waals surface area contributed by atoms with Crippen molar-refractivity contribution in [1.82, 2.24) is 0 Å². The molecule has 1 atom stereocenters. The summed E-state index contributed by atoms with van der Waals surface area (Å²) in [5.74, 6) is 0. The molecule has 114 valence electrons. The molecule has 5 nitrogen and oxygen atoms in total. The second-order valence-corrected chi connectivity index (χ2v) is 9.07. The Morgan fingerprint density at radius 2 is 1.70 bits per heavy atom. The van der Waals surface area contributed by atoms with Gasteiger partial charge in [0.1, 0.15) is 0 Å². The third kappa shape index (κ3) is 4.57. The van der Waals surface area contributed by atoms with E-state index in [4.69, 9.17) is 5.73 Å². The zero-order chi connectivity index (χ0) is 15.6. The first-order valence-electron chi connectivity index (χ1n) is 6.34. The van der Waals surface area contributed by atoms with Crippen molar-refractivity contribution in [3.63, 3.8) is 0 Å². The maximum Gasteiger partial charge on any atom is 0.175 e. The van der Waals surface area contributed by atoms with Crippen molar-refractivity contribution in [2.24, 2.45) is 5.73 Å². The van der Waals surface area contributed by atoms with Crippen LogP contribution in [-0.2, 0) is 26.1 Å². The predicted octanol–water partition coefficient (Wildman–Crippen LogP) is 1.16. The predicted molar refractivity (Wildman–Crippen MR) is 79.2 cm³/mol. The summed E-state index contributed by atoms with van der Waals surface area (Å²) >= 11 is 0. The van der Waals surface area contributed by atoms with Gasteiger partial charge in [-0.25, -0.2) is 16.8 Å². The lowest BCUT2D eigenvalue weighted by atomic mass is 10.0. The molecule has 0 saturated heterocycles. The monoisotopic (exact) mass is 319 g/mol. The second kappa shape index (κ2) is 6.24. The fourth-order valence-corrected chi connectivity index (χ4v) is 3.73. The van der Waals surface area contributed by atoms with Gasteiger partial charge in [-0.1, -0.05) is 19.4 Å². The first kappa shape index (κ1) is 17.1. The summed E-state index contributed by atoms with van der Waals surface area (Å²) < 4.78 is 46.7. The van der Waals surface area contributed by atoms with Gasteiger partial charge in [0.2, 0.25) is 0 Å². The van der Waals surface area contributed by atoms with Gasteiger partial charge in [0, 0.05) is 18.6 Å². The van der Waals surface area contributed by atoms with Crippen LogP contribution in [0.1, 0.15) is 25.3 Å². The molecule has 0 aliphatic carbocycles. The summed E-state index contributed by atoms with van der Waals surface area (Å²) in [4.78, 5) is 0.0534. The molecule has 0 fully saturated rings. The fraction of sp³-hybridized carbons (Fsp3) is 0.538. The third-order valence-electron chi connectivity index (χ3n) is 3.01.